The number of carbonyl (C=O) groups excluding carboxylic acids is 1. The molecule has 0 aliphatic carbocycles. The molecule has 0 bridgehead atoms. The number of aryl methyl sites for hydroxylation is 2. The Balaban J connectivity index is 0.00000182. The van der Waals surface area contributed by atoms with E-state index in [4.69, 9.17) is 0 Å². The maximum absolute atomic E-state index is 12.3. The van der Waals surface area contributed by atoms with Crippen molar-refractivity contribution in [3.05, 3.63) is 65.7 Å². The zero-order chi connectivity index (χ0) is 16.5. The predicted octanol–water partition coefficient (Wildman–Crippen LogP) is -0.626. The monoisotopic (exact) mass is 354 g/mol. The van der Waals surface area contributed by atoms with E-state index in [1.165, 1.54) is 0 Å². The molecule has 0 unspecified atom stereocenters. The molecule has 1 aliphatic heterocycles. The fourth-order valence-electron chi connectivity index (χ4n) is 3.07. The summed E-state index contributed by atoms with van der Waals surface area (Å²) in [6.45, 7) is 3.34. The Hall–Kier alpha value is -2.53. The third-order valence-electron chi connectivity index (χ3n) is 4.46. The molecule has 3 aromatic rings. The van der Waals surface area contributed by atoms with Gasteiger partial charge in [0, 0.05) is 36.2 Å². The molecule has 3 heterocycles. The lowest BCUT2D eigenvalue weighted by Crippen LogP contribution is -3.00. The van der Waals surface area contributed by atoms with Crippen molar-refractivity contribution >= 4 is 5.78 Å². The molecule has 0 fully saturated rings. The lowest BCUT2D eigenvalue weighted by atomic mass is 10.1. The lowest BCUT2D eigenvalue weighted by Gasteiger charge is -2.03. The van der Waals surface area contributed by atoms with Crippen molar-refractivity contribution in [1.82, 2.24) is 14.8 Å². The van der Waals surface area contributed by atoms with Crippen LogP contribution >= 0.6 is 0 Å². The van der Waals surface area contributed by atoms with Crippen LogP contribution in [0.3, 0.4) is 0 Å². The summed E-state index contributed by atoms with van der Waals surface area (Å²) in [5.41, 5.74) is 2.94. The molecular weight excluding hydrogens is 336 g/mol. The van der Waals surface area contributed by atoms with Gasteiger partial charge in [0.1, 0.15) is 5.82 Å². The van der Waals surface area contributed by atoms with Crippen LogP contribution in [0.15, 0.2) is 48.8 Å². The number of halogens is 1. The summed E-state index contributed by atoms with van der Waals surface area (Å²) >= 11 is 0. The number of benzene rings is 1. The average molecular weight is 355 g/mol. The highest BCUT2D eigenvalue weighted by Crippen LogP contribution is 2.22. The van der Waals surface area contributed by atoms with E-state index in [2.05, 4.69) is 14.8 Å². The molecule has 0 atom stereocenters. The van der Waals surface area contributed by atoms with E-state index in [-0.39, 0.29) is 18.2 Å². The molecule has 6 heteroatoms. The van der Waals surface area contributed by atoms with Gasteiger partial charge in [0.05, 0.1) is 0 Å². The average Bonchev–Trinajstić information content (AvgIpc) is 3.20. The van der Waals surface area contributed by atoms with Crippen molar-refractivity contribution in [2.45, 2.75) is 32.9 Å². The van der Waals surface area contributed by atoms with Gasteiger partial charge >= 0.3 is 0 Å². The number of fused-ring (bicyclic) bond motifs is 1. The number of ketones is 1. The summed E-state index contributed by atoms with van der Waals surface area (Å²) in [7, 11) is 0. The summed E-state index contributed by atoms with van der Waals surface area (Å²) < 4.78 is 4.07. The SMILES string of the molecule is Cc1ccc(C(=O)C[n+]2ccc(-c3nnc4n3CCC4)cc2)cc1.[Cl-]. The molecule has 128 valence electrons. The van der Waals surface area contributed by atoms with Crippen LogP contribution in [0.25, 0.3) is 11.4 Å². The fourth-order valence-corrected chi connectivity index (χ4v) is 3.07. The first-order valence-corrected chi connectivity index (χ1v) is 8.22. The fraction of sp³-hybridized carbons (Fsp3) is 0.263. The molecule has 0 N–H and O–H groups in total. The van der Waals surface area contributed by atoms with Gasteiger partial charge in [-0.3, -0.25) is 4.79 Å². The number of carbonyl (C=O) groups is 1. The van der Waals surface area contributed by atoms with Gasteiger partial charge in [-0.15, -0.1) is 10.2 Å². The zero-order valence-electron chi connectivity index (χ0n) is 14.0. The number of Topliss-reactive ketones (excluding diaryl/α,β-unsaturated/α-hetero) is 1. The lowest BCUT2D eigenvalue weighted by molar-refractivity contribution is -0.683. The van der Waals surface area contributed by atoms with Crippen molar-refractivity contribution in [2.24, 2.45) is 0 Å². The van der Waals surface area contributed by atoms with Gasteiger partial charge in [-0.05, 0) is 13.3 Å². The molecule has 25 heavy (non-hydrogen) atoms. The number of pyridine rings is 1. The van der Waals surface area contributed by atoms with Gasteiger partial charge in [0.2, 0.25) is 12.3 Å². The highest BCUT2D eigenvalue weighted by Gasteiger charge is 2.19. The second-order valence-electron chi connectivity index (χ2n) is 6.24. The molecule has 1 aliphatic rings. The number of aromatic nitrogens is 4. The summed E-state index contributed by atoms with van der Waals surface area (Å²) in [6, 6.07) is 11.7. The topological polar surface area (TPSA) is 51.7 Å². The third-order valence-corrected chi connectivity index (χ3v) is 4.46. The zero-order valence-corrected chi connectivity index (χ0v) is 14.8. The van der Waals surface area contributed by atoms with E-state index in [9.17, 15) is 4.79 Å². The van der Waals surface area contributed by atoms with Crippen LogP contribution in [0.1, 0.15) is 28.2 Å². The maximum atomic E-state index is 12.3. The van der Waals surface area contributed by atoms with Crippen LogP contribution in [0.2, 0.25) is 0 Å². The first-order chi connectivity index (χ1) is 11.7. The summed E-state index contributed by atoms with van der Waals surface area (Å²) in [4.78, 5) is 12.3. The first kappa shape index (κ1) is 17.3. The van der Waals surface area contributed by atoms with Crippen molar-refractivity contribution in [3.8, 4) is 11.4 Å². The minimum absolute atomic E-state index is 0. The summed E-state index contributed by atoms with van der Waals surface area (Å²) in [6.07, 6.45) is 6.00. The first-order valence-electron chi connectivity index (χ1n) is 8.22. The van der Waals surface area contributed by atoms with Crippen LogP contribution < -0.4 is 17.0 Å². The molecular formula is C19H19ClN4O. The largest absolute Gasteiger partial charge is 1.00 e. The highest BCUT2D eigenvalue weighted by molar-refractivity contribution is 5.95. The molecule has 0 saturated carbocycles. The van der Waals surface area contributed by atoms with Gasteiger partial charge in [-0.25, -0.2) is 0 Å². The van der Waals surface area contributed by atoms with E-state index in [1.807, 2.05) is 60.3 Å². The Morgan fingerprint density at radius 1 is 1.12 bits per heavy atom. The standard InChI is InChI=1S/C19H19N4O.ClH/c1-14-4-6-15(7-5-14)17(24)13-22-11-8-16(9-12-22)19-21-20-18-3-2-10-23(18)19;/h4-9,11-12H,2-3,10,13H2,1H3;1H/q+1;/p-1. The molecule has 5 nitrogen and oxygen atoms in total. The van der Waals surface area contributed by atoms with Crippen molar-refractivity contribution in [1.29, 1.82) is 0 Å². The van der Waals surface area contributed by atoms with Crippen molar-refractivity contribution in [2.75, 3.05) is 0 Å². The Morgan fingerprint density at radius 2 is 1.84 bits per heavy atom. The Morgan fingerprint density at radius 3 is 2.56 bits per heavy atom. The predicted molar refractivity (Wildman–Crippen MR) is 89.5 cm³/mol. The molecule has 0 spiro atoms. The minimum Gasteiger partial charge on any atom is -1.00 e. The number of hydrogen-bond acceptors (Lipinski definition) is 3. The van der Waals surface area contributed by atoms with Crippen LogP contribution in [0.4, 0.5) is 0 Å². The van der Waals surface area contributed by atoms with Gasteiger partial charge < -0.3 is 17.0 Å². The minimum atomic E-state index is 0. The van der Waals surface area contributed by atoms with E-state index in [1.54, 1.807) is 0 Å². The quantitative estimate of drug-likeness (QED) is 0.463. The second-order valence-corrected chi connectivity index (χ2v) is 6.24. The Bertz CT molecular complexity index is 885. The Kier molecular flexibility index (Phi) is 4.95. The van der Waals surface area contributed by atoms with Crippen LogP contribution in [-0.2, 0) is 19.5 Å². The van der Waals surface area contributed by atoms with Gasteiger partial charge in [-0.1, -0.05) is 29.8 Å². The second kappa shape index (κ2) is 7.15. The highest BCUT2D eigenvalue weighted by atomic mass is 35.5. The van der Waals surface area contributed by atoms with Crippen LogP contribution in [0, 0.1) is 6.92 Å². The Labute approximate surface area is 152 Å². The molecule has 2 aromatic heterocycles. The third kappa shape index (κ3) is 3.46. The summed E-state index contributed by atoms with van der Waals surface area (Å²) in [5.74, 6) is 2.09. The summed E-state index contributed by atoms with van der Waals surface area (Å²) in [5, 5.41) is 8.53. The van der Waals surface area contributed by atoms with Gasteiger partial charge in [-0.2, -0.15) is 4.57 Å². The van der Waals surface area contributed by atoms with E-state index < -0.39 is 0 Å². The number of nitrogens with zero attached hydrogens (tertiary/aromatic N) is 4. The van der Waals surface area contributed by atoms with Gasteiger partial charge in [0.25, 0.3) is 0 Å². The van der Waals surface area contributed by atoms with Crippen LogP contribution in [-0.4, -0.2) is 20.5 Å². The van der Waals surface area contributed by atoms with Gasteiger partial charge in [0.15, 0.2) is 18.2 Å². The van der Waals surface area contributed by atoms with Crippen LogP contribution in [0.5, 0.6) is 0 Å². The number of hydrogen-bond donors (Lipinski definition) is 0. The normalized spacial score (nSPS) is 12.5. The molecule has 4 rings (SSSR count). The van der Waals surface area contributed by atoms with Crippen molar-refractivity contribution in [3.63, 3.8) is 0 Å². The van der Waals surface area contributed by atoms with E-state index in [0.717, 1.165) is 47.7 Å². The smallest absolute Gasteiger partial charge is 0.227 e. The maximum Gasteiger partial charge on any atom is 0.227 e. The molecule has 1 aromatic carbocycles. The number of rotatable bonds is 4. The molecule has 0 amide bonds. The van der Waals surface area contributed by atoms with Crippen molar-refractivity contribution < 1.29 is 21.8 Å². The molecule has 0 radical (unpaired) electrons. The van der Waals surface area contributed by atoms with E-state index >= 15 is 0 Å². The van der Waals surface area contributed by atoms with E-state index in [0.29, 0.717) is 6.54 Å². The molecule has 0 saturated heterocycles.